The number of aryl methyl sites for hydroxylation is 1. The fourth-order valence-electron chi connectivity index (χ4n) is 3.10. The molecule has 0 heterocycles. The van der Waals surface area contributed by atoms with Gasteiger partial charge in [0.15, 0.2) is 0 Å². The first-order valence-electron chi connectivity index (χ1n) is 7.33. The van der Waals surface area contributed by atoms with Gasteiger partial charge in [0.1, 0.15) is 0 Å². The number of halogens is 1. The molecule has 0 amide bonds. The molecule has 0 fully saturated rings. The predicted molar refractivity (Wildman–Crippen MR) is 87.8 cm³/mol. The Morgan fingerprint density at radius 3 is 2.85 bits per heavy atom. The molecule has 2 aromatic rings. The molecule has 0 bridgehead atoms. The summed E-state index contributed by atoms with van der Waals surface area (Å²) in [6.07, 6.45) is 3.73. The highest BCUT2D eigenvalue weighted by Crippen LogP contribution is 2.31. The molecule has 0 aliphatic heterocycles. The maximum atomic E-state index is 3.80. The van der Waals surface area contributed by atoms with Crippen molar-refractivity contribution in [1.82, 2.24) is 5.32 Å². The first-order chi connectivity index (χ1) is 9.74. The zero-order valence-corrected chi connectivity index (χ0v) is 13.4. The van der Waals surface area contributed by atoms with E-state index in [0.29, 0.717) is 12.1 Å². The van der Waals surface area contributed by atoms with Gasteiger partial charge in [0.25, 0.3) is 0 Å². The van der Waals surface area contributed by atoms with Crippen molar-refractivity contribution in [3.05, 3.63) is 69.7 Å². The van der Waals surface area contributed by atoms with Crippen LogP contribution < -0.4 is 5.32 Å². The Morgan fingerprint density at radius 1 is 1.15 bits per heavy atom. The summed E-state index contributed by atoms with van der Waals surface area (Å²) in [7, 11) is 0. The molecule has 1 aliphatic rings. The van der Waals surface area contributed by atoms with Crippen LogP contribution >= 0.6 is 15.9 Å². The molecule has 1 aliphatic carbocycles. The highest BCUT2D eigenvalue weighted by Gasteiger charge is 2.21. The number of hydrogen-bond donors (Lipinski definition) is 1. The van der Waals surface area contributed by atoms with Crippen LogP contribution in [0.1, 0.15) is 48.5 Å². The molecule has 1 unspecified atom stereocenters. The van der Waals surface area contributed by atoms with Gasteiger partial charge in [-0.2, -0.15) is 0 Å². The normalized spacial score (nSPS) is 19.4. The van der Waals surface area contributed by atoms with Gasteiger partial charge in [0, 0.05) is 16.6 Å². The van der Waals surface area contributed by atoms with Crippen LogP contribution in [0.15, 0.2) is 53.0 Å². The minimum Gasteiger partial charge on any atom is -0.303 e. The number of hydrogen-bond acceptors (Lipinski definition) is 1. The number of rotatable bonds is 3. The van der Waals surface area contributed by atoms with Crippen LogP contribution in [0.25, 0.3) is 0 Å². The lowest BCUT2D eigenvalue weighted by Crippen LogP contribution is -2.27. The molecule has 0 saturated carbocycles. The van der Waals surface area contributed by atoms with Crippen molar-refractivity contribution < 1.29 is 0 Å². The van der Waals surface area contributed by atoms with Gasteiger partial charge < -0.3 is 5.32 Å². The zero-order valence-electron chi connectivity index (χ0n) is 11.8. The van der Waals surface area contributed by atoms with Crippen molar-refractivity contribution in [3.8, 4) is 0 Å². The summed E-state index contributed by atoms with van der Waals surface area (Å²) in [6, 6.07) is 18.3. The fraction of sp³-hybridized carbons (Fsp3) is 0.333. The van der Waals surface area contributed by atoms with E-state index in [4.69, 9.17) is 0 Å². The maximum absolute atomic E-state index is 3.80. The van der Waals surface area contributed by atoms with Crippen molar-refractivity contribution >= 4 is 15.9 Å². The average Bonchev–Trinajstić information content (AvgIpc) is 2.47. The lowest BCUT2D eigenvalue weighted by Gasteiger charge is -2.29. The van der Waals surface area contributed by atoms with Gasteiger partial charge in [-0.05, 0) is 55.0 Å². The molecule has 0 spiro atoms. The van der Waals surface area contributed by atoms with E-state index < -0.39 is 0 Å². The fourth-order valence-corrected chi connectivity index (χ4v) is 3.52. The highest BCUT2D eigenvalue weighted by atomic mass is 79.9. The third-order valence-corrected chi connectivity index (χ3v) is 4.66. The first-order valence-corrected chi connectivity index (χ1v) is 8.12. The molecule has 2 heteroatoms. The summed E-state index contributed by atoms with van der Waals surface area (Å²) < 4.78 is 1.15. The van der Waals surface area contributed by atoms with E-state index in [1.54, 1.807) is 0 Å². The Balaban J connectivity index is 1.79. The summed E-state index contributed by atoms with van der Waals surface area (Å²) in [5, 5.41) is 3.80. The molecule has 2 aromatic carbocycles. The smallest absolute Gasteiger partial charge is 0.0328 e. The minimum absolute atomic E-state index is 0.364. The van der Waals surface area contributed by atoms with Gasteiger partial charge in [-0.25, -0.2) is 0 Å². The molecule has 0 radical (unpaired) electrons. The Bertz CT molecular complexity index is 593. The SMILES string of the molecule is C[C@@H](NC1CCCc2ccccc21)c1cccc(Br)c1. The number of fused-ring (bicyclic) bond motifs is 1. The van der Waals surface area contributed by atoms with E-state index in [2.05, 4.69) is 76.7 Å². The van der Waals surface area contributed by atoms with Crippen LogP contribution in [0.2, 0.25) is 0 Å². The number of benzene rings is 2. The molecule has 104 valence electrons. The third-order valence-electron chi connectivity index (χ3n) is 4.17. The maximum Gasteiger partial charge on any atom is 0.0328 e. The van der Waals surface area contributed by atoms with Gasteiger partial charge in [-0.3, -0.25) is 0 Å². The lowest BCUT2D eigenvalue weighted by molar-refractivity contribution is 0.415. The van der Waals surface area contributed by atoms with Crippen LogP contribution in [-0.4, -0.2) is 0 Å². The monoisotopic (exact) mass is 329 g/mol. The van der Waals surface area contributed by atoms with Crippen molar-refractivity contribution in [2.75, 3.05) is 0 Å². The van der Waals surface area contributed by atoms with Crippen LogP contribution in [0.4, 0.5) is 0 Å². The van der Waals surface area contributed by atoms with Crippen molar-refractivity contribution in [2.24, 2.45) is 0 Å². The summed E-state index contributed by atoms with van der Waals surface area (Å²) >= 11 is 3.55. The number of nitrogens with one attached hydrogen (secondary N) is 1. The van der Waals surface area contributed by atoms with E-state index in [-0.39, 0.29) is 0 Å². The third kappa shape index (κ3) is 2.97. The topological polar surface area (TPSA) is 12.0 Å². The zero-order chi connectivity index (χ0) is 13.9. The molecule has 20 heavy (non-hydrogen) atoms. The molecule has 2 atom stereocenters. The predicted octanol–water partition coefficient (Wildman–Crippen LogP) is 5.18. The first kappa shape index (κ1) is 13.8. The van der Waals surface area contributed by atoms with Gasteiger partial charge in [-0.1, -0.05) is 52.3 Å². The average molecular weight is 330 g/mol. The standard InChI is InChI=1S/C18H20BrN/c1-13(15-8-4-9-16(19)12-15)20-18-11-5-7-14-6-2-3-10-17(14)18/h2-4,6,8-10,12-13,18,20H,5,7,11H2,1H3/t13-,18?/m1/s1. The largest absolute Gasteiger partial charge is 0.303 e. The van der Waals surface area contributed by atoms with E-state index >= 15 is 0 Å². The quantitative estimate of drug-likeness (QED) is 0.818. The van der Waals surface area contributed by atoms with Gasteiger partial charge in [-0.15, -0.1) is 0 Å². The lowest BCUT2D eigenvalue weighted by atomic mass is 9.87. The van der Waals surface area contributed by atoms with Gasteiger partial charge in [0.2, 0.25) is 0 Å². The van der Waals surface area contributed by atoms with Crippen LogP contribution in [0, 0.1) is 0 Å². The Labute approximate surface area is 129 Å². The molecular formula is C18H20BrN. The van der Waals surface area contributed by atoms with Crippen molar-refractivity contribution in [2.45, 2.75) is 38.3 Å². The van der Waals surface area contributed by atoms with E-state index in [9.17, 15) is 0 Å². The molecule has 0 aromatic heterocycles. The Morgan fingerprint density at radius 2 is 2.00 bits per heavy atom. The summed E-state index contributed by atoms with van der Waals surface area (Å²) in [4.78, 5) is 0. The summed E-state index contributed by atoms with van der Waals surface area (Å²) in [5.74, 6) is 0. The molecule has 1 N–H and O–H groups in total. The Hall–Kier alpha value is -1.12. The van der Waals surface area contributed by atoms with Gasteiger partial charge in [0.05, 0.1) is 0 Å². The molecule has 1 nitrogen and oxygen atoms in total. The van der Waals surface area contributed by atoms with Crippen LogP contribution in [-0.2, 0) is 6.42 Å². The van der Waals surface area contributed by atoms with Crippen molar-refractivity contribution in [3.63, 3.8) is 0 Å². The van der Waals surface area contributed by atoms with E-state index in [1.807, 2.05) is 0 Å². The summed E-state index contributed by atoms with van der Waals surface area (Å²) in [5.41, 5.74) is 4.33. The molecule has 3 rings (SSSR count). The van der Waals surface area contributed by atoms with Crippen LogP contribution in [0.5, 0.6) is 0 Å². The van der Waals surface area contributed by atoms with E-state index in [0.717, 1.165) is 4.47 Å². The Kier molecular flexibility index (Phi) is 4.23. The van der Waals surface area contributed by atoms with Gasteiger partial charge >= 0.3 is 0 Å². The highest BCUT2D eigenvalue weighted by molar-refractivity contribution is 9.10. The summed E-state index contributed by atoms with van der Waals surface area (Å²) in [6.45, 7) is 2.25. The molecule has 0 saturated heterocycles. The second-order valence-electron chi connectivity index (χ2n) is 5.59. The van der Waals surface area contributed by atoms with Crippen molar-refractivity contribution in [1.29, 1.82) is 0 Å². The second-order valence-corrected chi connectivity index (χ2v) is 6.50. The van der Waals surface area contributed by atoms with Crippen LogP contribution in [0.3, 0.4) is 0 Å². The second kappa shape index (κ2) is 6.11. The molecular weight excluding hydrogens is 310 g/mol. The van der Waals surface area contributed by atoms with E-state index in [1.165, 1.54) is 36.0 Å². The minimum atomic E-state index is 0.364.